The van der Waals surface area contributed by atoms with E-state index >= 15 is 0 Å². The molecule has 0 aliphatic rings. The minimum atomic E-state index is -1.96. The SMILES string of the molecule is N=N/N=N/N=N/P(=N\N=N\N=N\N)=N\N=N\N=N\N. The average Bonchev–Trinajstić information content (AvgIpc) is 2.43. The zero-order valence-corrected chi connectivity index (χ0v) is 9.70. The molecule has 0 heterocycles. The van der Waals surface area contributed by atoms with Crippen molar-refractivity contribution in [2.45, 2.75) is 0 Å². The Morgan fingerprint density at radius 1 is 0.632 bits per heavy atom. The molecule has 0 fully saturated rings. The van der Waals surface area contributed by atoms with E-state index in [2.05, 4.69) is 89.0 Å². The number of nitrogens with one attached hydrogen (secondary N) is 1. The van der Waals surface area contributed by atoms with E-state index in [1.165, 1.54) is 0 Å². The van der Waals surface area contributed by atoms with E-state index in [9.17, 15) is 0 Å². The molecule has 0 amide bonds. The van der Waals surface area contributed by atoms with Gasteiger partial charge in [0.15, 0.2) is 0 Å². The van der Waals surface area contributed by atoms with Crippen LogP contribution in [-0.4, -0.2) is 0 Å². The molecule has 0 radical (unpaired) electrons. The summed E-state index contributed by atoms with van der Waals surface area (Å²) < 4.78 is 0. The number of nitrogens with two attached hydrogens (primary N) is 2. The molecular formula is H5N18P. The Hall–Kier alpha value is -3.30. The first-order valence-electron chi connectivity index (χ1n) is 3.74. The largest absolute Gasteiger partial charge is 0.303 e. The first kappa shape index (κ1) is 15.7. The summed E-state index contributed by atoms with van der Waals surface area (Å²) >= 11 is 0. The van der Waals surface area contributed by atoms with E-state index < -0.39 is 7.66 Å². The molecule has 0 saturated carbocycles. The van der Waals surface area contributed by atoms with Crippen LogP contribution in [0.2, 0.25) is 0 Å². The first-order valence-corrected chi connectivity index (χ1v) is 4.94. The van der Waals surface area contributed by atoms with Crippen LogP contribution in [-0.2, 0) is 0 Å². The smallest absolute Gasteiger partial charge is 0.261 e. The molecule has 0 rings (SSSR count). The highest BCUT2D eigenvalue weighted by molar-refractivity contribution is 7.34. The highest BCUT2D eigenvalue weighted by Crippen LogP contribution is 2.19. The molecule has 0 atom stereocenters. The van der Waals surface area contributed by atoms with Crippen molar-refractivity contribution in [3.63, 3.8) is 0 Å². The quantitative estimate of drug-likeness (QED) is 0.276. The Kier molecular flexibility index (Phi) is 10.6. The fourth-order valence-electron chi connectivity index (χ4n) is 0.335. The van der Waals surface area contributed by atoms with Gasteiger partial charge in [-0.05, 0) is 52.2 Å². The van der Waals surface area contributed by atoms with Crippen LogP contribution in [0.5, 0.6) is 0 Å². The van der Waals surface area contributed by atoms with Crippen molar-refractivity contribution >= 4 is 7.66 Å². The summed E-state index contributed by atoms with van der Waals surface area (Å²) in [4.78, 5) is 10.2. The molecule has 0 aliphatic carbocycles. The van der Waals surface area contributed by atoms with Gasteiger partial charge in [0.05, 0.1) is 0 Å². The second-order valence-corrected chi connectivity index (χ2v) is 2.75. The second kappa shape index (κ2) is 12.8. The van der Waals surface area contributed by atoms with Gasteiger partial charge in [0.1, 0.15) is 0 Å². The Bertz CT molecular complexity index is 456. The summed E-state index contributed by atoms with van der Waals surface area (Å²) in [6, 6.07) is 0. The van der Waals surface area contributed by atoms with Crippen LogP contribution in [0, 0.1) is 5.53 Å². The van der Waals surface area contributed by atoms with Crippen molar-refractivity contribution in [2.24, 2.45) is 89.0 Å². The first-order chi connectivity index (χ1) is 9.35. The normalized spacial score (nSPS) is 14.4. The van der Waals surface area contributed by atoms with Crippen LogP contribution in [0.15, 0.2) is 77.3 Å². The molecule has 0 spiro atoms. The van der Waals surface area contributed by atoms with Crippen LogP contribution in [0.3, 0.4) is 0 Å². The van der Waals surface area contributed by atoms with E-state index in [0.29, 0.717) is 0 Å². The van der Waals surface area contributed by atoms with Gasteiger partial charge in [0.25, 0.3) is 7.66 Å². The minimum Gasteiger partial charge on any atom is -0.303 e. The fraction of sp³-hybridized carbons (Fsp3) is 0. The van der Waals surface area contributed by atoms with Gasteiger partial charge in [-0.3, -0.25) is 0 Å². The van der Waals surface area contributed by atoms with Crippen molar-refractivity contribution in [3.8, 4) is 0 Å². The molecule has 5 N–H and O–H groups in total. The third-order valence-electron chi connectivity index (χ3n) is 0.748. The van der Waals surface area contributed by atoms with E-state index in [0.717, 1.165) is 0 Å². The minimum absolute atomic E-state index is 1.96. The van der Waals surface area contributed by atoms with Crippen LogP contribution in [0.4, 0.5) is 0 Å². The zero-order chi connectivity index (χ0) is 14.2. The molecule has 100 valence electrons. The molecule has 18 nitrogen and oxygen atoms in total. The predicted octanol–water partition coefficient (Wildman–Crippen LogP) is 2.73. The van der Waals surface area contributed by atoms with Crippen LogP contribution < -0.4 is 11.7 Å². The predicted molar refractivity (Wildman–Crippen MR) is 54.4 cm³/mol. The molecule has 19 heavy (non-hydrogen) atoms. The van der Waals surface area contributed by atoms with E-state index in [4.69, 9.17) is 5.53 Å². The monoisotopic (exact) mass is 288 g/mol. The molecule has 19 heteroatoms. The average molecular weight is 288 g/mol. The van der Waals surface area contributed by atoms with Crippen molar-refractivity contribution in [2.75, 3.05) is 0 Å². The second-order valence-electron chi connectivity index (χ2n) is 1.67. The van der Waals surface area contributed by atoms with Gasteiger partial charge >= 0.3 is 0 Å². The summed E-state index contributed by atoms with van der Waals surface area (Å²) in [6.45, 7) is 0. The molecule has 0 saturated heterocycles. The maximum absolute atomic E-state index is 6.29. The van der Waals surface area contributed by atoms with Crippen molar-refractivity contribution in [1.82, 2.24) is 0 Å². The van der Waals surface area contributed by atoms with Gasteiger partial charge in [-0.2, -0.15) is 5.53 Å². The summed E-state index contributed by atoms with van der Waals surface area (Å²) in [5.41, 5.74) is 6.29. The van der Waals surface area contributed by atoms with E-state index in [1.807, 2.05) is 0 Å². The third kappa shape index (κ3) is 11.0. The zero-order valence-electron chi connectivity index (χ0n) is 8.81. The maximum Gasteiger partial charge on any atom is 0.261 e. The van der Waals surface area contributed by atoms with Gasteiger partial charge in [0.2, 0.25) is 0 Å². The number of hydrogen-bond acceptors (Lipinski definition) is 3. The van der Waals surface area contributed by atoms with Crippen molar-refractivity contribution < 1.29 is 0 Å². The van der Waals surface area contributed by atoms with Gasteiger partial charge in [-0.15, -0.1) is 0 Å². The number of rotatable bonds is 7. The molecule has 0 unspecified atom stereocenters. The third-order valence-corrected chi connectivity index (χ3v) is 1.47. The highest BCUT2D eigenvalue weighted by Gasteiger charge is 1.82. The Labute approximate surface area is 103 Å². The standard InChI is InChI=1S/H5N18P/c1-4-7-10-13-16-19(17-14-11-8-5-2)18-15-12-9-6-3/h1H,(H2,2,8,14)(H2,3,9,15)/b4-1?,10-7+,16-13+. The molecule has 0 aromatic heterocycles. The Morgan fingerprint density at radius 2 is 1.16 bits per heavy atom. The van der Waals surface area contributed by atoms with Crippen molar-refractivity contribution in [3.05, 3.63) is 0 Å². The van der Waals surface area contributed by atoms with Crippen LogP contribution in [0.25, 0.3) is 0 Å². The lowest BCUT2D eigenvalue weighted by atomic mass is 12.5. The Balaban J connectivity index is 4.96. The lowest BCUT2D eigenvalue weighted by Crippen LogP contribution is -1.70. The van der Waals surface area contributed by atoms with Gasteiger partial charge in [-0.25, -0.2) is 0 Å². The molecule has 0 aromatic rings. The van der Waals surface area contributed by atoms with Gasteiger partial charge in [-0.1, -0.05) is 25.0 Å². The van der Waals surface area contributed by atoms with E-state index in [-0.39, 0.29) is 0 Å². The molecule has 0 bridgehead atoms. The molecule has 0 aliphatic heterocycles. The Morgan fingerprint density at radius 3 is 1.63 bits per heavy atom. The topological polar surface area (TPSA) is 261 Å². The summed E-state index contributed by atoms with van der Waals surface area (Å²) in [5, 5.41) is 35.2. The number of hydrogen-bond donors (Lipinski definition) is 3. The summed E-state index contributed by atoms with van der Waals surface area (Å²) in [6.07, 6.45) is 0. The van der Waals surface area contributed by atoms with E-state index in [1.54, 1.807) is 0 Å². The van der Waals surface area contributed by atoms with Crippen molar-refractivity contribution in [1.29, 1.82) is 5.53 Å². The summed E-state index contributed by atoms with van der Waals surface area (Å²) in [7, 11) is -1.96. The maximum atomic E-state index is 6.29. The lowest BCUT2D eigenvalue weighted by molar-refractivity contribution is 0.832. The molecular weight excluding hydrogens is 283 g/mol. The fourth-order valence-corrected chi connectivity index (χ4v) is 0.764. The van der Waals surface area contributed by atoms with Crippen LogP contribution >= 0.6 is 7.66 Å². The number of nitrogens with zero attached hydrogens (tertiary/aromatic N) is 15. The molecule has 0 aromatic carbocycles. The highest BCUT2D eigenvalue weighted by atomic mass is 31.1. The summed E-state index contributed by atoms with van der Waals surface area (Å²) in [5.74, 6) is 9.30. The van der Waals surface area contributed by atoms with Gasteiger partial charge in [0, 0.05) is 0 Å². The lowest BCUT2D eigenvalue weighted by Gasteiger charge is -1.75. The van der Waals surface area contributed by atoms with Crippen LogP contribution in [0.1, 0.15) is 0 Å². The van der Waals surface area contributed by atoms with Gasteiger partial charge < -0.3 is 11.7 Å².